The zero-order chi connectivity index (χ0) is 19.2. The Balaban J connectivity index is 1.78. The molecule has 0 fully saturated rings. The zero-order valence-corrected chi connectivity index (χ0v) is 16.4. The Labute approximate surface area is 160 Å². The summed E-state index contributed by atoms with van der Waals surface area (Å²) in [4.78, 5) is 6.90. The number of nitrogens with one attached hydrogen (secondary N) is 1. The highest BCUT2D eigenvalue weighted by Gasteiger charge is 2.05. The fourth-order valence-corrected chi connectivity index (χ4v) is 3.10. The van der Waals surface area contributed by atoms with Crippen LogP contribution in [0.4, 0.5) is 11.4 Å². The molecule has 0 aliphatic heterocycles. The van der Waals surface area contributed by atoms with Crippen LogP contribution in [0, 0.1) is 6.92 Å². The number of hydrazone groups is 1. The van der Waals surface area contributed by atoms with Gasteiger partial charge in [-0.3, -0.25) is 10.4 Å². The van der Waals surface area contributed by atoms with Crippen LogP contribution in [0.25, 0.3) is 10.9 Å². The van der Waals surface area contributed by atoms with Gasteiger partial charge in [-0.25, -0.2) is 0 Å². The Hall–Kier alpha value is -3.08. The van der Waals surface area contributed by atoms with E-state index in [4.69, 9.17) is 4.74 Å². The Bertz CT molecular complexity index is 931. The predicted octanol–water partition coefficient (Wildman–Crippen LogP) is 4.84. The Morgan fingerprint density at radius 2 is 1.81 bits per heavy atom. The predicted molar refractivity (Wildman–Crippen MR) is 114 cm³/mol. The van der Waals surface area contributed by atoms with E-state index in [2.05, 4.69) is 58.5 Å². The second kappa shape index (κ2) is 8.54. The second-order valence-electron chi connectivity index (χ2n) is 6.33. The third kappa shape index (κ3) is 4.37. The van der Waals surface area contributed by atoms with Crippen molar-refractivity contribution in [1.82, 2.24) is 4.98 Å². The van der Waals surface area contributed by atoms with E-state index in [1.807, 2.05) is 37.4 Å². The SMILES string of the molecule is CCN(CC)c1ccc(/C=N/Nc2cc(C)nc3cc(OC)ccc23)cc1. The maximum Gasteiger partial charge on any atom is 0.121 e. The van der Waals surface area contributed by atoms with Crippen molar-refractivity contribution in [2.75, 3.05) is 30.5 Å². The first-order chi connectivity index (χ1) is 13.1. The van der Waals surface area contributed by atoms with Gasteiger partial charge >= 0.3 is 0 Å². The molecular formula is C22H26N4O. The van der Waals surface area contributed by atoms with Crippen LogP contribution >= 0.6 is 0 Å². The summed E-state index contributed by atoms with van der Waals surface area (Å²) in [5, 5.41) is 5.42. The first-order valence-corrected chi connectivity index (χ1v) is 9.24. The molecule has 5 heteroatoms. The van der Waals surface area contributed by atoms with Gasteiger partial charge in [0.1, 0.15) is 5.75 Å². The first kappa shape index (κ1) is 18.7. The van der Waals surface area contributed by atoms with E-state index in [1.54, 1.807) is 7.11 Å². The molecule has 3 aromatic rings. The minimum atomic E-state index is 0.795. The van der Waals surface area contributed by atoms with E-state index in [0.29, 0.717) is 0 Å². The fraction of sp³-hybridized carbons (Fsp3) is 0.273. The topological polar surface area (TPSA) is 49.8 Å². The van der Waals surface area contributed by atoms with E-state index in [0.717, 1.165) is 46.7 Å². The maximum absolute atomic E-state index is 5.29. The van der Waals surface area contributed by atoms with Crippen molar-refractivity contribution >= 4 is 28.5 Å². The summed E-state index contributed by atoms with van der Waals surface area (Å²) in [6.45, 7) is 8.31. The molecule has 0 bridgehead atoms. The summed E-state index contributed by atoms with van der Waals surface area (Å²) in [5.74, 6) is 0.795. The molecule has 0 atom stereocenters. The molecule has 0 spiro atoms. The highest BCUT2D eigenvalue weighted by molar-refractivity contribution is 5.92. The molecule has 140 valence electrons. The summed E-state index contributed by atoms with van der Waals surface area (Å²) in [6.07, 6.45) is 1.83. The molecular weight excluding hydrogens is 336 g/mol. The van der Waals surface area contributed by atoms with Crippen molar-refractivity contribution in [2.45, 2.75) is 20.8 Å². The number of benzene rings is 2. The number of ether oxygens (including phenoxy) is 1. The number of aryl methyl sites for hydroxylation is 1. The molecule has 3 rings (SSSR count). The molecule has 1 N–H and O–H groups in total. The highest BCUT2D eigenvalue weighted by atomic mass is 16.5. The minimum absolute atomic E-state index is 0.795. The zero-order valence-electron chi connectivity index (χ0n) is 16.4. The van der Waals surface area contributed by atoms with Crippen LogP contribution in [-0.2, 0) is 0 Å². The lowest BCUT2D eigenvalue weighted by Crippen LogP contribution is -2.21. The largest absolute Gasteiger partial charge is 0.497 e. The number of nitrogens with zero attached hydrogens (tertiary/aromatic N) is 3. The summed E-state index contributed by atoms with van der Waals surface area (Å²) in [5.41, 5.74) is 8.17. The second-order valence-corrected chi connectivity index (χ2v) is 6.33. The van der Waals surface area contributed by atoms with Crippen molar-refractivity contribution in [3.05, 3.63) is 59.8 Å². The molecule has 0 aliphatic rings. The van der Waals surface area contributed by atoms with Crippen LogP contribution in [-0.4, -0.2) is 31.4 Å². The lowest BCUT2D eigenvalue weighted by Gasteiger charge is -2.20. The molecule has 0 radical (unpaired) electrons. The number of anilines is 2. The maximum atomic E-state index is 5.29. The van der Waals surface area contributed by atoms with Crippen LogP contribution in [0.15, 0.2) is 53.6 Å². The molecule has 0 aliphatic carbocycles. The number of aromatic nitrogens is 1. The molecule has 2 aromatic carbocycles. The smallest absolute Gasteiger partial charge is 0.121 e. The van der Waals surface area contributed by atoms with Crippen molar-refractivity contribution in [2.24, 2.45) is 5.10 Å². The number of hydrogen-bond acceptors (Lipinski definition) is 5. The van der Waals surface area contributed by atoms with Gasteiger partial charge in [0.15, 0.2) is 0 Å². The number of hydrogen-bond donors (Lipinski definition) is 1. The molecule has 0 amide bonds. The quantitative estimate of drug-likeness (QED) is 0.482. The molecule has 0 unspecified atom stereocenters. The van der Waals surface area contributed by atoms with Crippen LogP contribution in [0.2, 0.25) is 0 Å². The number of rotatable bonds is 7. The van der Waals surface area contributed by atoms with Crippen molar-refractivity contribution in [3.8, 4) is 5.75 Å². The average Bonchev–Trinajstić information content (AvgIpc) is 2.69. The Morgan fingerprint density at radius 3 is 2.48 bits per heavy atom. The summed E-state index contributed by atoms with van der Waals surface area (Å²) >= 11 is 0. The van der Waals surface area contributed by atoms with Crippen LogP contribution < -0.4 is 15.1 Å². The molecule has 0 saturated carbocycles. The van der Waals surface area contributed by atoms with Gasteiger partial charge in [-0.05, 0) is 56.7 Å². The van der Waals surface area contributed by atoms with E-state index in [1.165, 1.54) is 5.69 Å². The van der Waals surface area contributed by atoms with Gasteiger partial charge in [0.25, 0.3) is 0 Å². The van der Waals surface area contributed by atoms with Crippen molar-refractivity contribution < 1.29 is 4.74 Å². The van der Waals surface area contributed by atoms with Crippen LogP contribution in [0.3, 0.4) is 0 Å². The van der Waals surface area contributed by atoms with Crippen LogP contribution in [0.1, 0.15) is 25.1 Å². The summed E-state index contributed by atoms with van der Waals surface area (Å²) in [6, 6.07) is 16.3. The van der Waals surface area contributed by atoms with Gasteiger partial charge in [-0.1, -0.05) is 12.1 Å². The molecule has 5 nitrogen and oxygen atoms in total. The van der Waals surface area contributed by atoms with Gasteiger partial charge in [-0.15, -0.1) is 0 Å². The Morgan fingerprint density at radius 1 is 1.07 bits per heavy atom. The normalized spacial score (nSPS) is 11.1. The molecule has 0 saturated heterocycles. The van der Waals surface area contributed by atoms with E-state index < -0.39 is 0 Å². The first-order valence-electron chi connectivity index (χ1n) is 9.24. The lowest BCUT2D eigenvalue weighted by atomic mass is 10.1. The highest BCUT2D eigenvalue weighted by Crippen LogP contribution is 2.26. The van der Waals surface area contributed by atoms with E-state index >= 15 is 0 Å². The number of pyridine rings is 1. The standard InChI is InChI=1S/C22H26N4O/c1-5-26(6-2)18-9-7-17(8-10-18)15-23-25-22-13-16(3)24-21-14-19(27-4)11-12-20(21)22/h7-15H,5-6H2,1-4H3,(H,24,25)/b23-15+. The summed E-state index contributed by atoms with van der Waals surface area (Å²) < 4.78 is 5.29. The third-order valence-electron chi connectivity index (χ3n) is 4.57. The molecule has 1 aromatic heterocycles. The Kier molecular flexibility index (Phi) is 5.91. The van der Waals surface area contributed by atoms with Crippen molar-refractivity contribution in [1.29, 1.82) is 0 Å². The monoisotopic (exact) mass is 362 g/mol. The average molecular weight is 362 g/mol. The van der Waals surface area contributed by atoms with Gasteiger partial charge in [-0.2, -0.15) is 5.10 Å². The third-order valence-corrected chi connectivity index (χ3v) is 4.57. The lowest BCUT2D eigenvalue weighted by molar-refractivity contribution is 0.415. The summed E-state index contributed by atoms with van der Waals surface area (Å²) in [7, 11) is 1.66. The van der Waals surface area contributed by atoms with E-state index in [9.17, 15) is 0 Å². The van der Waals surface area contributed by atoms with E-state index in [-0.39, 0.29) is 0 Å². The van der Waals surface area contributed by atoms with Gasteiger partial charge < -0.3 is 9.64 Å². The number of fused-ring (bicyclic) bond motifs is 1. The molecule has 1 heterocycles. The van der Waals surface area contributed by atoms with Gasteiger partial charge in [0.2, 0.25) is 0 Å². The van der Waals surface area contributed by atoms with Gasteiger partial charge in [0.05, 0.1) is 24.5 Å². The van der Waals surface area contributed by atoms with Crippen LogP contribution in [0.5, 0.6) is 5.75 Å². The van der Waals surface area contributed by atoms with Gasteiger partial charge in [0, 0.05) is 35.9 Å². The number of methoxy groups -OCH3 is 1. The molecule has 27 heavy (non-hydrogen) atoms. The van der Waals surface area contributed by atoms with Crippen molar-refractivity contribution in [3.63, 3.8) is 0 Å². The minimum Gasteiger partial charge on any atom is -0.497 e. The fourth-order valence-electron chi connectivity index (χ4n) is 3.10.